The molecule has 1 aliphatic rings. The van der Waals surface area contributed by atoms with E-state index < -0.39 is 11.9 Å². The largest absolute Gasteiger partial charge is 0.433 e. The summed E-state index contributed by atoms with van der Waals surface area (Å²) in [6.07, 6.45) is 3.58. The van der Waals surface area contributed by atoms with E-state index in [0.717, 1.165) is 64.6 Å². The predicted molar refractivity (Wildman–Crippen MR) is 117 cm³/mol. The fourth-order valence-corrected chi connectivity index (χ4v) is 4.77. The third-order valence-electron chi connectivity index (χ3n) is 5.28. The van der Waals surface area contributed by atoms with Gasteiger partial charge in [0.05, 0.1) is 16.6 Å². The SMILES string of the molecule is Cc1cc(Nc2nccc(C(F)(F)F)n2)cc(-c2cnc(-c3cnn4c3CCCC4)s2)c1. The summed E-state index contributed by atoms with van der Waals surface area (Å²) in [5.74, 6) is -0.104. The van der Waals surface area contributed by atoms with Crippen molar-refractivity contribution in [3.8, 4) is 21.0 Å². The number of fused-ring (bicyclic) bond motifs is 1. The lowest BCUT2D eigenvalue weighted by atomic mass is 10.1. The highest BCUT2D eigenvalue weighted by atomic mass is 32.1. The highest BCUT2D eigenvalue weighted by molar-refractivity contribution is 7.18. The van der Waals surface area contributed by atoms with Gasteiger partial charge in [-0.15, -0.1) is 11.3 Å². The minimum atomic E-state index is -4.52. The molecule has 0 bridgehead atoms. The first kappa shape index (κ1) is 20.6. The van der Waals surface area contributed by atoms with Gasteiger partial charge in [0.1, 0.15) is 10.7 Å². The molecular formula is C22H19F3N6S. The minimum absolute atomic E-state index is 0.104. The average Bonchev–Trinajstić information content (AvgIpc) is 3.40. The van der Waals surface area contributed by atoms with Gasteiger partial charge in [-0.25, -0.2) is 15.0 Å². The normalized spacial score (nSPS) is 13.8. The molecule has 0 amide bonds. The maximum atomic E-state index is 13.0. The number of hydrogen-bond acceptors (Lipinski definition) is 6. The molecule has 164 valence electrons. The first-order valence-corrected chi connectivity index (χ1v) is 11.0. The summed E-state index contributed by atoms with van der Waals surface area (Å²) in [6.45, 7) is 2.87. The first-order chi connectivity index (χ1) is 15.4. The Bertz CT molecular complexity index is 1280. The summed E-state index contributed by atoms with van der Waals surface area (Å²) in [4.78, 5) is 13.1. The number of rotatable bonds is 4. The molecule has 1 aromatic carbocycles. The second-order valence-corrected chi connectivity index (χ2v) is 8.72. The zero-order valence-electron chi connectivity index (χ0n) is 17.1. The maximum absolute atomic E-state index is 13.0. The molecule has 3 aromatic heterocycles. The minimum Gasteiger partial charge on any atom is -0.324 e. The molecule has 0 atom stereocenters. The van der Waals surface area contributed by atoms with Crippen LogP contribution in [0.15, 0.2) is 42.9 Å². The van der Waals surface area contributed by atoms with Gasteiger partial charge in [0.25, 0.3) is 0 Å². The highest BCUT2D eigenvalue weighted by Gasteiger charge is 2.32. The van der Waals surface area contributed by atoms with Gasteiger partial charge in [0, 0.05) is 30.3 Å². The molecule has 0 unspecified atom stereocenters. The van der Waals surface area contributed by atoms with Crippen LogP contribution in [-0.2, 0) is 19.1 Å². The summed E-state index contributed by atoms with van der Waals surface area (Å²) in [5.41, 5.74) is 3.80. The summed E-state index contributed by atoms with van der Waals surface area (Å²) in [7, 11) is 0. The molecule has 4 aromatic rings. The van der Waals surface area contributed by atoms with Gasteiger partial charge >= 0.3 is 6.18 Å². The van der Waals surface area contributed by atoms with Gasteiger partial charge in [0.2, 0.25) is 5.95 Å². The van der Waals surface area contributed by atoms with Crippen molar-refractivity contribution in [3.05, 3.63) is 59.8 Å². The molecule has 0 saturated heterocycles. The number of aromatic nitrogens is 5. The molecule has 32 heavy (non-hydrogen) atoms. The molecule has 4 heterocycles. The number of thiazole rings is 1. The zero-order chi connectivity index (χ0) is 22.3. The Hall–Kier alpha value is -3.27. The molecule has 1 aliphatic heterocycles. The first-order valence-electron chi connectivity index (χ1n) is 10.2. The monoisotopic (exact) mass is 456 g/mol. The third-order valence-corrected chi connectivity index (χ3v) is 6.36. The number of aryl methyl sites for hydroxylation is 2. The average molecular weight is 456 g/mol. The molecule has 0 radical (unpaired) electrons. The molecule has 0 fully saturated rings. The van der Waals surface area contributed by atoms with Crippen molar-refractivity contribution < 1.29 is 13.2 Å². The zero-order valence-corrected chi connectivity index (χ0v) is 18.0. The smallest absolute Gasteiger partial charge is 0.324 e. The molecule has 0 spiro atoms. The second-order valence-electron chi connectivity index (χ2n) is 7.69. The molecule has 0 aliphatic carbocycles. The van der Waals surface area contributed by atoms with Crippen LogP contribution in [0.1, 0.15) is 29.8 Å². The van der Waals surface area contributed by atoms with Crippen molar-refractivity contribution in [2.75, 3.05) is 5.32 Å². The molecule has 10 heteroatoms. The van der Waals surface area contributed by atoms with Crippen LogP contribution >= 0.6 is 11.3 Å². The van der Waals surface area contributed by atoms with E-state index in [2.05, 4.69) is 30.0 Å². The second kappa shape index (κ2) is 8.01. The third kappa shape index (κ3) is 4.10. The standard InChI is InChI=1S/C22H19F3N6S/c1-13-8-14(10-15(9-13)29-21-26-6-5-19(30-21)22(23,24)25)18-12-27-20(32-18)16-11-28-31-7-3-2-4-17(16)31/h5-6,8-12H,2-4,7H2,1H3,(H,26,29,30). The van der Waals surface area contributed by atoms with Crippen molar-refractivity contribution in [2.45, 2.75) is 38.9 Å². The number of halogens is 3. The Labute approximate surface area is 186 Å². The van der Waals surface area contributed by atoms with Crippen molar-refractivity contribution in [1.29, 1.82) is 0 Å². The van der Waals surface area contributed by atoms with Gasteiger partial charge in [-0.2, -0.15) is 18.3 Å². The lowest BCUT2D eigenvalue weighted by Crippen LogP contribution is -2.11. The van der Waals surface area contributed by atoms with Gasteiger partial charge in [-0.1, -0.05) is 6.07 Å². The molecule has 5 rings (SSSR count). The number of alkyl halides is 3. The maximum Gasteiger partial charge on any atom is 0.433 e. The Balaban J connectivity index is 1.43. The Kier molecular flexibility index (Phi) is 5.16. The van der Waals surface area contributed by atoms with Crippen LogP contribution in [0.3, 0.4) is 0 Å². The number of nitrogens with one attached hydrogen (secondary N) is 1. The van der Waals surface area contributed by atoms with Gasteiger partial charge in [0.15, 0.2) is 0 Å². The number of anilines is 2. The van der Waals surface area contributed by atoms with Crippen molar-refractivity contribution in [2.24, 2.45) is 0 Å². The molecule has 0 saturated carbocycles. The molecular weight excluding hydrogens is 437 g/mol. The van der Waals surface area contributed by atoms with Gasteiger partial charge in [-0.3, -0.25) is 4.68 Å². The van der Waals surface area contributed by atoms with Crippen LogP contribution in [0.2, 0.25) is 0 Å². The van der Waals surface area contributed by atoms with Crippen LogP contribution in [0.4, 0.5) is 24.8 Å². The van der Waals surface area contributed by atoms with Crippen molar-refractivity contribution in [1.82, 2.24) is 24.7 Å². The fraction of sp³-hybridized carbons (Fsp3) is 0.273. The van der Waals surface area contributed by atoms with Gasteiger partial charge in [-0.05, 0) is 55.5 Å². The van der Waals surface area contributed by atoms with Crippen LogP contribution in [0, 0.1) is 6.92 Å². The Morgan fingerprint density at radius 2 is 1.97 bits per heavy atom. The van der Waals surface area contributed by atoms with E-state index in [1.807, 2.05) is 37.5 Å². The van der Waals surface area contributed by atoms with Crippen LogP contribution in [-0.4, -0.2) is 24.7 Å². The quantitative estimate of drug-likeness (QED) is 0.416. The predicted octanol–water partition coefficient (Wildman–Crippen LogP) is 5.87. The van der Waals surface area contributed by atoms with E-state index in [9.17, 15) is 13.2 Å². The fourth-order valence-electron chi connectivity index (χ4n) is 3.84. The van der Waals surface area contributed by atoms with E-state index in [0.29, 0.717) is 5.69 Å². The van der Waals surface area contributed by atoms with E-state index in [4.69, 9.17) is 0 Å². The number of benzene rings is 1. The number of nitrogens with zero attached hydrogens (tertiary/aromatic N) is 5. The number of hydrogen-bond donors (Lipinski definition) is 1. The van der Waals surface area contributed by atoms with Gasteiger partial charge < -0.3 is 5.32 Å². The van der Waals surface area contributed by atoms with E-state index >= 15 is 0 Å². The van der Waals surface area contributed by atoms with Crippen molar-refractivity contribution >= 4 is 23.0 Å². The van der Waals surface area contributed by atoms with Crippen LogP contribution in [0.5, 0.6) is 0 Å². The van der Waals surface area contributed by atoms with Crippen molar-refractivity contribution in [3.63, 3.8) is 0 Å². The summed E-state index contributed by atoms with van der Waals surface area (Å²) in [5, 5.41) is 8.30. The van der Waals surface area contributed by atoms with Crippen LogP contribution < -0.4 is 5.32 Å². The lowest BCUT2D eigenvalue weighted by Gasteiger charge is -2.13. The lowest BCUT2D eigenvalue weighted by molar-refractivity contribution is -0.141. The van der Waals surface area contributed by atoms with E-state index in [-0.39, 0.29) is 5.95 Å². The highest BCUT2D eigenvalue weighted by Crippen LogP contribution is 2.36. The molecule has 6 nitrogen and oxygen atoms in total. The Morgan fingerprint density at radius 1 is 1.09 bits per heavy atom. The summed E-state index contributed by atoms with van der Waals surface area (Å²) >= 11 is 1.57. The van der Waals surface area contributed by atoms with E-state index in [1.54, 1.807) is 11.3 Å². The topological polar surface area (TPSA) is 68.5 Å². The molecule has 1 N–H and O–H groups in total. The summed E-state index contributed by atoms with van der Waals surface area (Å²) < 4.78 is 40.9. The van der Waals surface area contributed by atoms with Crippen LogP contribution in [0.25, 0.3) is 21.0 Å². The Morgan fingerprint density at radius 3 is 2.81 bits per heavy atom. The van der Waals surface area contributed by atoms with E-state index in [1.165, 1.54) is 5.69 Å². The summed E-state index contributed by atoms with van der Waals surface area (Å²) in [6, 6.07) is 6.56.